The number of pyridine rings is 2. The first kappa shape index (κ1) is 21.9. The second-order valence-electron chi connectivity index (χ2n) is 8.70. The molecule has 0 N–H and O–H groups in total. The van der Waals surface area contributed by atoms with Crippen LogP contribution in [0.25, 0.3) is 22.2 Å². The summed E-state index contributed by atoms with van der Waals surface area (Å²) in [7, 11) is 0. The topological polar surface area (TPSA) is 91.6 Å². The third kappa shape index (κ3) is 3.95. The van der Waals surface area contributed by atoms with Gasteiger partial charge in [0, 0.05) is 43.3 Å². The Labute approximate surface area is 208 Å². The molecule has 0 aliphatic carbocycles. The summed E-state index contributed by atoms with van der Waals surface area (Å²) in [6, 6.07) is 21.1. The lowest BCUT2D eigenvalue weighted by atomic mass is 10.0. The highest BCUT2D eigenvalue weighted by Crippen LogP contribution is 2.35. The summed E-state index contributed by atoms with van der Waals surface area (Å²) in [5, 5.41) is 10.2. The van der Waals surface area contributed by atoms with Crippen molar-refractivity contribution in [3.63, 3.8) is 0 Å². The Kier molecular flexibility index (Phi) is 5.58. The average molecular weight is 478 g/mol. The largest absolute Gasteiger partial charge is 0.486 e. The maximum absolute atomic E-state index is 13.8. The summed E-state index contributed by atoms with van der Waals surface area (Å²) in [5.41, 5.74) is 3.50. The molecule has 2 aliphatic rings. The summed E-state index contributed by atoms with van der Waals surface area (Å²) in [6.45, 7) is 3.33. The second-order valence-corrected chi connectivity index (χ2v) is 8.70. The molecule has 8 nitrogen and oxygen atoms in total. The van der Waals surface area contributed by atoms with E-state index in [1.807, 2.05) is 53.4 Å². The number of hydrogen-bond donors (Lipinski definition) is 0. The minimum absolute atomic E-state index is 0.0337. The van der Waals surface area contributed by atoms with Gasteiger partial charge in [0.05, 0.1) is 22.3 Å². The zero-order chi connectivity index (χ0) is 24.5. The Hall–Kier alpha value is -4.64. The van der Waals surface area contributed by atoms with Gasteiger partial charge in [0.25, 0.3) is 5.91 Å². The van der Waals surface area contributed by atoms with Gasteiger partial charge in [-0.25, -0.2) is 9.97 Å². The van der Waals surface area contributed by atoms with Gasteiger partial charge in [0.2, 0.25) is 0 Å². The number of piperazine rings is 1. The molecule has 2 aromatic carbocycles. The van der Waals surface area contributed by atoms with Gasteiger partial charge in [-0.1, -0.05) is 18.2 Å². The van der Waals surface area contributed by atoms with Crippen LogP contribution in [0.4, 0.5) is 5.82 Å². The number of amides is 1. The first-order valence-corrected chi connectivity index (χ1v) is 11.9. The molecule has 1 amide bonds. The molecule has 1 saturated heterocycles. The predicted molar refractivity (Wildman–Crippen MR) is 135 cm³/mol. The van der Waals surface area contributed by atoms with E-state index in [9.17, 15) is 10.1 Å². The van der Waals surface area contributed by atoms with Gasteiger partial charge in [0.15, 0.2) is 11.5 Å². The van der Waals surface area contributed by atoms with Gasteiger partial charge in [-0.3, -0.25) is 4.79 Å². The summed E-state index contributed by atoms with van der Waals surface area (Å²) in [6.07, 6.45) is 1.69. The fourth-order valence-electron chi connectivity index (χ4n) is 4.73. The van der Waals surface area contributed by atoms with Crippen LogP contribution in [0.2, 0.25) is 0 Å². The van der Waals surface area contributed by atoms with E-state index in [0.717, 1.165) is 16.5 Å². The Balaban J connectivity index is 1.30. The van der Waals surface area contributed by atoms with E-state index >= 15 is 0 Å². The van der Waals surface area contributed by atoms with Crippen molar-refractivity contribution in [3.8, 4) is 28.8 Å². The molecular formula is C28H23N5O3. The van der Waals surface area contributed by atoms with Crippen molar-refractivity contribution < 1.29 is 14.3 Å². The third-order valence-electron chi connectivity index (χ3n) is 6.56. The van der Waals surface area contributed by atoms with E-state index in [4.69, 9.17) is 14.5 Å². The van der Waals surface area contributed by atoms with Crippen LogP contribution in [0.3, 0.4) is 0 Å². The number of para-hydroxylation sites is 1. The summed E-state index contributed by atoms with van der Waals surface area (Å²) in [5.74, 6) is 2.03. The first-order chi connectivity index (χ1) is 17.7. The Morgan fingerprint density at radius 2 is 1.72 bits per heavy atom. The third-order valence-corrected chi connectivity index (χ3v) is 6.56. The quantitative estimate of drug-likeness (QED) is 0.442. The van der Waals surface area contributed by atoms with Gasteiger partial charge in [-0.05, 0) is 42.5 Å². The fraction of sp³-hybridized carbons (Fsp3) is 0.214. The summed E-state index contributed by atoms with van der Waals surface area (Å²) in [4.78, 5) is 26.9. The van der Waals surface area contributed by atoms with Crippen LogP contribution in [-0.2, 0) is 0 Å². The van der Waals surface area contributed by atoms with Crippen LogP contribution < -0.4 is 14.4 Å². The summed E-state index contributed by atoms with van der Waals surface area (Å²) < 4.78 is 11.4. The smallest absolute Gasteiger partial charge is 0.254 e. The van der Waals surface area contributed by atoms with E-state index < -0.39 is 0 Å². The molecule has 178 valence electrons. The van der Waals surface area contributed by atoms with Crippen LogP contribution in [0, 0.1) is 11.3 Å². The molecule has 0 atom stereocenters. The molecule has 6 rings (SSSR count). The number of nitriles is 1. The number of rotatable bonds is 3. The molecule has 0 saturated carbocycles. The van der Waals surface area contributed by atoms with Gasteiger partial charge >= 0.3 is 0 Å². The lowest BCUT2D eigenvalue weighted by Crippen LogP contribution is -2.49. The van der Waals surface area contributed by atoms with Crippen LogP contribution >= 0.6 is 0 Å². The number of fused-ring (bicyclic) bond motifs is 2. The highest BCUT2D eigenvalue weighted by atomic mass is 16.6. The number of nitrogens with zero attached hydrogens (tertiary/aromatic N) is 5. The minimum atomic E-state index is -0.0337. The molecule has 4 aromatic rings. The number of hydrogen-bond acceptors (Lipinski definition) is 7. The molecule has 0 bridgehead atoms. The standard InChI is InChI=1S/C28H23N5O3/c29-18-20-4-3-9-30-27(20)32-10-12-33(13-11-32)28(34)22-17-24(31-23-6-2-1-5-21(22)23)19-7-8-25-26(16-19)36-15-14-35-25/h1-9,16-17H,10-15H2. The zero-order valence-corrected chi connectivity index (χ0v) is 19.6. The van der Waals surface area contributed by atoms with Crippen LogP contribution in [0.5, 0.6) is 11.5 Å². The van der Waals surface area contributed by atoms with Crippen molar-refractivity contribution in [2.45, 2.75) is 0 Å². The molecule has 36 heavy (non-hydrogen) atoms. The number of ether oxygens (including phenoxy) is 2. The lowest BCUT2D eigenvalue weighted by Gasteiger charge is -2.36. The normalized spacial score (nSPS) is 15.0. The predicted octanol–water partition coefficient (Wildman–Crippen LogP) is 3.90. The Morgan fingerprint density at radius 3 is 2.56 bits per heavy atom. The molecular weight excluding hydrogens is 454 g/mol. The lowest BCUT2D eigenvalue weighted by molar-refractivity contribution is 0.0748. The van der Waals surface area contributed by atoms with Crippen molar-refractivity contribution in [1.29, 1.82) is 5.26 Å². The SMILES string of the molecule is N#Cc1cccnc1N1CCN(C(=O)c2cc(-c3ccc4c(c3)OCCO4)nc3ccccc23)CC1. The molecule has 4 heterocycles. The van der Waals surface area contributed by atoms with E-state index in [1.54, 1.807) is 18.3 Å². The highest BCUT2D eigenvalue weighted by Gasteiger charge is 2.26. The molecule has 8 heteroatoms. The number of anilines is 1. The molecule has 2 aromatic heterocycles. The Bertz CT molecular complexity index is 1510. The molecule has 0 unspecified atom stereocenters. The first-order valence-electron chi connectivity index (χ1n) is 11.9. The molecule has 0 radical (unpaired) electrons. The number of carbonyl (C=O) groups is 1. The Morgan fingerprint density at radius 1 is 0.917 bits per heavy atom. The number of benzene rings is 2. The number of carbonyl (C=O) groups excluding carboxylic acids is 1. The van der Waals surface area contributed by atoms with Crippen molar-refractivity contribution in [1.82, 2.24) is 14.9 Å². The van der Waals surface area contributed by atoms with Crippen LogP contribution in [0.15, 0.2) is 66.9 Å². The van der Waals surface area contributed by atoms with E-state index in [2.05, 4.69) is 16.0 Å². The van der Waals surface area contributed by atoms with Crippen LogP contribution in [0.1, 0.15) is 15.9 Å². The maximum atomic E-state index is 13.8. The van der Waals surface area contributed by atoms with Crippen molar-refractivity contribution in [2.24, 2.45) is 0 Å². The monoisotopic (exact) mass is 477 g/mol. The van der Waals surface area contributed by atoms with Gasteiger partial charge in [-0.15, -0.1) is 0 Å². The van der Waals surface area contributed by atoms with Gasteiger partial charge < -0.3 is 19.3 Å². The summed E-state index contributed by atoms with van der Waals surface area (Å²) >= 11 is 0. The second kappa shape index (κ2) is 9.19. The molecule has 2 aliphatic heterocycles. The fourth-order valence-corrected chi connectivity index (χ4v) is 4.73. The van der Waals surface area contributed by atoms with E-state index in [-0.39, 0.29) is 5.91 Å². The van der Waals surface area contributed by atoms with E-state index in [1.165, 1.54) is 0 Å². The van der Waals surface area contributed by atoms with Crippen LogP contribution in [-0.4, -0.2) is 60.2 Å². The number of aromatic nitrogens is 2. The molecule has 0 spiro atoms. The minimum Gasteiger partial charge on any atom is -0.486 e. The highest BCUT2D eigenvalue weighted by molar-refractivity contribution is 6.07. The maximum Gasteiger partial charge on any atom is 0.254 e. The zero-order valence-electron chi connectivity index (χ0n) is 19.6. The van der Waals surface area contributed by atoms with E-state index in [0.29, 0.717) is 73.5 Å². The van der Waals surface area contributed by atoms with Crippen molar-refractivity contribution >= 4 is 22.6 Å². The van der Waals surface area contributed by atoms with Gasteiger partial charge in [0.1, 0.15) is 25.1 Å². The average Bonchev–Trinajstić information content (AvgIpc) is 2.96. The molecule has 1 fully saturated rings. The van der Waals surface area contributed by atoms with Gasteiger partial charge in [-0.2, -0.15) is 5.26 Å². The van der Waals surface area contributed by atoms with Crippen molar-refractivity contribution in [3.05, 3.63) is 78.0 Å². The van der Waals surface area contributed by atoms with Crippen molar-refractivity contribution in [2.75, 3.05) is 44.3 Å².